The predicted octanol–water partition coefficient (Wildman–Crippen LogP) is 2.22. The Morgan fingerprint density at radius 1 is 1.50 bits per heavy atom. The number of carboxylic acids is 1. The standard InChI is InChI=1S/C12H23NO2S/c1-9(2)6-10(11(14)15)7-13-8-12(16-3)4-5-12/h9-10,13H,4-8H2,1-3H3,(H,14,15). The van der Waals surface area contributed by atoms with Gasteiger partial charge in [0.2, 0.25) is 0 Å². The van der Waals surface area contributed by atoms with E-state index in [4.69, 9.17) is 5.11 Å². The summed E-state index contributed by atoms with van der Waals surface area (Å²) < 4.78 is 0.418. The third-order valence-corrected chi connectivity index (χ3v) is 4.60. The molecule has 0 saturated heterocycles. The molecule has 0 amide bonds. The van der Waals surface area contributed by atoms with Gasteiger partial charge in [-0.1, -0.05) is 13.8 Å². The molecule has 0 spiro atoms. The van der Waals surface area contributed by atoms with Crippen LogP contribution in [0.15, 0.2) is 0 Å². The monoisotopic (exact) mass is 245 g/mol. The summed E-state index contributed by atoms with van der Waals surface area (Å²) in [7, 11) is 0. The highest BCUT2D eigenvalue weighted by molar-refractivity contribution is 8.00. The number of carbonyl (C=O) groups is 1. The Hall–Kier alpha value is -0.220. The van der Waals surface area contributed by atoms with E-state index in [1.54, 1.807) is 0 Å². The second-order valence-electron chi connectivity index (χ2n) is 5.18. The van der Waals surface area contributed by atoms with Crippen molar-refractivity contribution in [2.45, 2.75) is 37.9 Å². The first kappa shape index (κ1) is 13.8. The van der Waals surface area contributed by atoms with Gasteiger partial charge in [-0.15, -0.1) is 0 Å². The second-order valence-corrected chi connectivity index (χ2v) is 6.46. The smallest absolute Gasteiger partial charge is 0.307 e. The van der Waals surface area contributed by atoms with Crippen LogP contribution in [0.25, 0.3) is 0 Å². The van der Waals surface area contributed by atoms with Crippen LogP contribution in [0.3, 0.4) is 0 Å². The number of hydrogen-bond acceptors (Lipinski definition) is 3. The lowest BCUT2D eigenvalue weighted by molar-refractivity contribution is -0.142. The Morgan fingerprint density at radius 2 is 2.12 bits per heavy atom. The van der Waals surface area contributed by atoms with Crippen molar-refractivity contribution in [1.29, 1.82) is 0 Å². The van der Waals surface area contributed by atoms with E-state index in [0.717, 1.165) is 13.0 Å². The molecule has 2 N–H and O–H groups in total. The van der Waals surface area contributed by atoms with Gasteiger partial charge in [-0.05, 0) is 31.4 Å². The number of nitrogens with one attached hydrogen (secondary N) is 1. The van der Waals surface area contributed by atoms with Crippen LogP contribution in [0, 0.1) is 11.8 Å². The van der Waals surface area contributed by atoms with Crippen LogP contribution in [0.2, 0.25) is 0 Å². The molecule has 1 aliphatic carbocycles. The van der Waals surface area contributed by atoms with E-state index in [1.807, 2.05) is 11.8 Å². The van der Waals surface area contributed by atoms with E-state index >= 15 is 0 Å². The van der Waals surface area contributed by atoms with E-state index in [2.05, 4.69) is 25.4 Å². The molecule has 16 heavy (non-hydrogen) atoms. The normalized spacial score (nSPS) is 19.8. The topological polar surface area (TPSA) is 49.3 Å². The highest BCUT2D eigenvalue weighted by atomic mass is 32.2. The zero-order valence-electron chi connectivity index (χ0n) is 10.5. The Labute approximate surface area is 102 Å². The molecule has 94 valence electrons. The Balaban J connectivity index is 2.24. The number of thioether (sulfide) groups is 1. The van der Waals surface area contributed by atoms with Crippen LogP contribution in [0.1, 0.15) is 33.1 Å². The van der Waals surface area contributed by atoms with Crippen LogP contribution < -0.4 is 5.32 Å². The van der Waals surface area contributed by atoms with Gasteiger partial charge in [0.05, 0.1) is 5.92 Å². The Bertz CT molecular complexity index is 239. The van der Waals surface area contributed by atoms with Crippen LogP contribution in [-0.4, -0.2) is 35.2 Å². The second kappa shape index (κ2) is 5.92. The summed E-state index contributed by atoms with van der Waals surface area (Å²) in [5.41, 5.74) is 0. The molecule has 1 fully saturated rings. The molecular formula is C12H23NO2S. The quantitative estimate of drug-likeness (QED) is 0.688. The lowest BCUT2D eigenvalue weighted by Crippen LogP contribution is -2.34. The van der Waals surface area contributed by atoms with Crippen LogP contribution in [0.5, 0.6) is 0 Å². The maximum absolute atomic E-state index is 11.0. The average molecular weight is 245 g/mol. The van der Waals surface area contributed by atoms with Crippen molar-refractivity contribution >= 4 is 17.7 Å². The first-order valence-electron chi connectivity index (χ1n) is 5.98. The molecule has 1 atom stereocenters. The van der Waals surface area contributed by atoms with E-state index < -0.39 is 5.97 Å². The van der Waals surface area contributed by atoms with Crippen molar-refractivity contribution in [3.8, 4) is 0 Å². The third kappa shape index (κ3) is 4.34. The molecule has 0 bridgehead atoms. The fraction of sp³-hybridized carbons (Fsp3) is 0.917. The van der Waals surface area contributed by atoms with Gasteiger partial charge in [0, 0.05) is 17.8 Å². The van der Waals surface area contributed by atoms with Gasteiger partial charge in [-0.3, -0.25) is 4.79 Å². The van der Waals surface area contributed by atoms with E-state index in [1.165, 1.54) is 12.8 Å². The largest absolute Gasteiger partial charge is 0.481 e. The SMILES string of the molecule is CSC1(CNCC(CC(C)C)C(=O)O)CC1. The van der Waals surface area contributed by atoms with Gasteiger partial charge < -0.3 is 10.4 Å². The summed E-state index contributed by atoms with van der Waals surface area (Å²) in [6, 6.07) is 0. The minimum absolute atomic E-state index is 0.238. The summed E-state index contributed by atoms with van der Waals surface area (Å²) in [4.78, 5) is 11.0. The maximum atomic E-state index is 11.0. The van der Waals surface area contributed by atoms with Crippen molar-refractivity contribution in [3.05, 3.63) is 0 Å². The van der Waals surface area contributed by atoms with Crippen molar-refractivity contribution in [2.24, 2.45) is 11.8 Å². The molecule has 0 heterocycles. The molecule has 1 saturated carbocycles. The maximum Gasteiger partial charge on any atom is 0.307 e. The molecule has 1 rings (SSSR count). The lowest BCUT2D eigenvalue weighted by atomic mass is 9.97. The highest BCUT2D eigenvalue weighted by Gasteiger charge is 2.41. The van der Waals surface area contributed by atoms with Crippen molar-refractivity contribution in [1.82, 2.24) is 5.32 Å². The lowest BCUT2D eigenvalue weighted by Gasteiger charge is -2.18. The zero-order chi connectivity index (χ0) is 12.2. The van der Waals surface area contributed by atoms with Gasteiger partial charge >= 0.3 is 5.97 Å². The minimum Gasteiger partial charge on any atom is -0.481 e. The molecular weight excluding hydrogens is 222 g/mol. The van der Waals surface area contributed by atoms with Gasteiger partial charge in [0.25, 0.3) is 0 Å². The molecule has 0 aromatic carbocycles. The van der Waals surface area contributed by atoms with Crippen molar-refractivity contribution < 1.29 is 9.90 Å². The summed E-state index contributed by atoms with van der Waals surface area (Å²) in [5.74, 6) is -0.466. The van der Waals surface area contributed by atoms with Crippen LogP contribution in [0.4, 0.5) is 0 Å². The summed E-state index contributed by atoms with van der Waals surface area (Å²) in [6.07, 6.45) is 5.43. The number of rotatable bonds is 8. The molecule has 3 nitrogen and oxygen atoms in total. The fourth-order valence-corrected chi connectivity index (χ4v) is 2.66. The van der Waals surface area contributed by atoms with Crippen LogP contribution in [-0.2, 0) is 4.79 Å². The van der Waals surface area contributed by atoms with E-state index in [9.17, 15) is 4.79 Å². The molecule has 1 unspecified atom stereocenters. The van der Waals surface area contributed by atoms with Gasteiger partial charge in [0.15, 0.2) is 0 Å². The molecule has 0 aromatic rings. The number of aliphatic carboxylic acids is 1. The van der Waals surface area contributed by atoms with Crippen LogP contribution >= 0.6 is 11.8 Å². The summed E-state index contributed by atoms with van der Waals surface area (Å²) in [5, 5.41) is 12.4. The number of hydrogen-bond donors (Lipinski definition) is 2. The molecule has 0 aliphatic heterocycles. The molecule has 0 aromatic heterocycles. The van der Waals surface area contributed by atoms with Gasteiger partial charge in [-0.25, -0.2) is 0 Å². The van der Waals surface area contributed by atoms with E-state index in [-0.39, 0.29) is 5.92 Å². The highest BCUT2D eigenvalue weighted by Crippen LogP contribution is 2.46. The van der Waals surface area contributed by atoms with E-state index in [0.29, 0.717) is 17.2 Å². The minimum atomic E-state index is -0.671. The molecule has 4 heteroatoms. The fourth-order valence-electron chi connectivity index (χ4n) is 1.91. The first-order chi connectivity index (χ1) is 7.49. The predicted molar refractivity (Wildman–Crippen MR) is 68.9 cm³/mol. The number of carboxylic acid groups (broad SMARTS) is 1. The molecule has 1 aliphatic rings. The first-order valence-corrected chi connectivity index (χ1v) is 7.20. The third-order valence-electron chi connectivity index (χ3n) is 3.18. The molecule has 0 radical (unpaired) electrons. The Morgan fingerprint density at radius 3 is 2.50 bits per heavy atom. The summed E-state index contributed by atoms with van der Waals surface area (Å²) in [6.45, 7) is 5.70. The summed E-state index contributed by atoms with van der Waals surface area (Å²) >= 11 is 1.90. The van der Waals surface area contributed by atoms with Crippen molar-refractivity contribution in [3.63, 3.8) is 0 Å². The van der Waals surface area contributed by atoms with Gasteiger partial charge in [-0.2, -0.15) is 11.8 Å². The average Bonchev–Trinajstić information content (AvgIpc) is 2.96. The zero-order valence-corrected chi connectivity index (χ0v) is 11.3. The van der Waals surface area contributed by atoms with Crippen molar-refractivity contribution in [2.75, 3.05) is 19.3 Å². The van der Waals surface area contributed by atoms with Gasteiger partial charge in [0.1, 0.15) is 0 Å². The Kier molecular flexibility index (Phi) is 5.12.